The minimum atomic E-state index is -0.522. The molecule has 0 saturated carbocycles. The van der Waals surface area contributed by atoms with E-state index in [2.05, 4.69) is 11.6 Å². The number of nitrogens with zero attached hydrogens (tertiary/aromatic N) is 2. The lowest BCUT2D eigenvalue weighted by Gasteiger charge is -2.33. The number of hydrogen-bond donors (Lipinski definition) is 1. The maximum absolute atomic E-state index is 13.0. The summed E-state index contributed by atoms with van der Waals surface area (Å²) in [4.78, 5) is 5.49. The van der Waals surface area contributed by atoms with Crippen LogP contribution >= 0.6 is 0 Å². The molecular weight excluding hydrogens is 209 g/mol. The van der Waals surface area contributed by atoms with Crippen molar-refractivity contribution in [2.45, 2.75) is 6.10 Å². The number of hydrogen-bond acceptors (Lipinski definition) is 4. The molecule has 0 bridgehead atoms. The molecule has 1 fully saturated rings. The van der Waals surface area contributed by atoms with E-state index in [0.717, 1.165) is 0 Å². The number of anilines is 2. The summed E-state index contributed by atoms with van der Waals surface area (Å²) < 4.78 is 18.5. The molecule has 1 aliphatic heterocycles. The Kier molecular flexibility index (Phi) is 3.05. The van der Waals surface area contributed by atoms with Crippen LogP contribution in [0.15, 0.2) is 24.9 Å². The molecule has 1 aliphatic rings. The van der Waals surface area contributed by atoms with Gasteiger partial charge in [0, 0.05) is 19.2 Å². The van der Waals surface area contributed by atoms with Crippen molar-refractivity contribution in [2.24, 2.45) is 0 Å². The van der Waals surface area contributed by atoms with Crippen LogP contribution in [0.3, 0.4) is 0 Å². The first-order chi connectivity index (χ1) is 7.70. The van der Waals surface area contributed by atoms with Gasteiger partial charge in [-0.1, -0.05) is 6.08 Å². The predicted molar refractivity (Wildman–Crippen MR) is 60.8 cm³/mol. The molecular formula is C11H14FN3O. The van der Waals surface area contributed by atoms with Crippen LogP contribution in [0.25, 0.3) is 0 Å². The molecule has 0 aliphatic carbocycles. The van der Waals surface area contributed by atoms with Gasteiger partial charge in [0.05, 0.1) is 30.3 Å². The standard InChI is InChI=1S/C11H14FN3O/c1-2-8-7-15(3-4-16-8)10-5-11(12)14-6-9(10)13/h2,5-6,8H,1,3-4,7,13H2. The molecule has 4 nitrogen and oxygen atoms in total. The van der Waals surface area contributed by atoms with Crippen LogP contribution in [-0.4, -0.2) is 30.8 Å². The van der Waals surface area contributed by atoms with Gasteiger partial charge in [-0.15, -0.1) is 6.58 Å². The molecule has 0 aromatic carbocycles. The van der Waals surface area contributed by atoms with E-state index in [-0.39, 0.29) is 6.10 Å². The van der Waals surface area contributed by atoms with Crippen molar-refractivity contribution in [3.05, 3.63) is 30.9 Å². The number of nitrogen functional groups attached to an aromatic ring is 1. The van der Waals surface area contributed by atoms with Crippen molar-refractivity contribution in [1.29, 1.82) is 0 Å². The number of halogens is 1. The number of rotatable bonds is 2. The van der Waals surface area contributed by atoms with E-state index in [4.69, 9.17) is 10.5 Å². The lowest BCUT2D eigenvalue weighted by atomic mass is 10.2. The van der Waals surface area contributed by atoms with E-state index in [1.807, 2.05) is 4.90 Å². The quantitative estimate of drug-likeness (QED) is 0.604. The first-order valence-corrected chi connectivity index (χ1v) is 5.11. The zero-order valence-corrected chi connectivity index (χ0v) is 8.90. The fourth-order valence-electron chi connectivity index (χ4n) is 1.74. The highest BCUT2D eigenvalue weighted by molar-refractivity contribution is 5.66. The zero-order valence-electron chi connectivity index (χ0n) is 8.90. The van der Waals surface area contributed by atoms with Crippen molar-refractivity contribution in [2.75, 3.05) is 30.3 Å². The number of nitrogens with two attached hydrogens (primary N) is 1. The largest absolute Gasteiger partial charge is 0.396 e. The van der Waals surface area contributed by atoms with Crippen molar-refractivity contribution in [3.63, 3.8) is 0 Å². The molecule has 5 heteroatoms. The highest BCUT2D eigenvalue weighted by Crippen LogP contribution is 2.24. The second-order valence-electron chi connectivity index (χ2n) is 3.66. The Labute approximate surface area is 93.5 Å². The van der Waals surface area contributed by atoms with Crippen LogP contribution in [0.4, 0.5) is 15.8 Å². The first-order valence-electron chi connectivity index (χ1n) is 5.11. The second-order valence-corrected chi connectivity index (χ2v) is 3.66. The smallest absolute Gasteiger partial charge is 0.215 e. The number of morpholine rings is 1. The average Bonchev–Trinajstić information content (AvgIpc) is 2.32. The van der Waals surface area contributed by atoms with Crippen LogP contribution in [-0.2, 0) is 4.74 Å². The fourth-order valence-corrected chi connectivity index (χ4v) is 1.74. The first kappa shape index (κ1) is 10.9. The van der Waals surface area contributed by atoms with E-state index in [1.165, 1.54) is 12.3 Å². The third-order valence-corrected chi connectivity index (χ3v) is 2.58. The van der Waals surface area contributed by atoms with Crippen molar-refractivity contribution in [3.8, 4) is 0 Å². The Morgan fingerprint density at radius 2 is 2.50 bits per heavy atom. The highest BCUT2D eigenvalue weighted by atomic mass is 19.1. The van der Waals surface area contributed by atoms with Gasteiger partial charge < -0.3 is 15.4 Å². The van der Waals surface area contributed by atoms with Crippen molar-refractivity contribution >= 4 is 11.4 Å². The summed E-state index contributed by atoms with van der Waals surface area (Å²) in [5.74, 6) is -0.522. The third kappa shape index (κ3) is 2.14. The topological polar surface area (TPSA) is 51.4 Å². The van der Waals surface area contributed by atoms with Crippen molar-refractivity contribution in [1.82, 2.24) is 4.98 Å². The Morgan fingerprint density at radius 3 is 3.25 bits per heavy atom. The van der Waals surface area contributed by atoms with Gasteiger partial charge in [-0.3, -0.25) is 0 Å². The Balaban J connectivity index is 2.22. The van der Waals surface area contributed by atoms with Gasteiger partial charge in [-0.25, -0.2) is 4.98 Å². The van der Waals surface area contributed by atoms with Crippen LogP contribution < -0.4 is 10.6 Å². The van der Waals surface area contributed by atoms with Gasteiger partial charge in [0.25, 0.3) is 0 Å². The Bertz CT molecular complexity index is 397. The molecule has 1 unspecified atom stereocenters. The summed E-state index contributed by atoms with van der Waals surface area (Å²) in [5, 5.41) is 0. The van der Waals surface area contributed by atoms with E-state index < -0.39 is 5.95 Å². The number of ether oxygens (including phenoxy) is 1. The summed E-state index contributed by atoms with van der Waals surface area (Å²) in [6.45, 7) is 5.60. The van der Waals surface area contributed by atoms with E-state index >= 15 is 0 Å². The Morgan fingerprint density at radius 1 is 1.69 bits per heavy atom. The van der Waals surface area contributed by atoms with E-state index in [9.17, 15) is 4.39 Å². The zero-order chi connectivity index (χ0) is 11.5. The molecule has 0 spiro atoms. The fraction of sp³-hybridized carbons (Fsp3) is 0.364. The number of pyridine rings is 1. The normalized spacial score (nSPS) is 20.8. The summed E-state index contributed by atoms with van der Waals surface area (Å²) in [6, 6.07) is 1.35. The van der Waals surface area contributed by atoms with Crippen molar-refractivity contribution < 1.29 is 9.13 Å². The molecule has 1 aromatic rings. The molecule has 1 saturated heterocycles. The summed E-state index contributed by atoms with van der Waals surface area (Å²) in [7, 11) is 0. The second kappa shape index (κ2) is 4.49. The summed E-state index contributed by atoms with van der Waals surface area (Å²) in [6.07, 6.45) is 3.03. The van der Waals surface area contributed by atoms with Crippen LogP contribution in [0.2, 0.25) is 0 Å². The Hall–Kier alpha value is -1.62. The lowest BCUT2D eigenvalue weighted by Crippen LogP contribution is -2.41. The van der Waals surface area contributed by atoms with Gasteiger partial charge in [0.1, 0.15) is 0 Å². The summed E-state index contributed by atoms with van der Waals surface area (Å²) >= 11 is 0. The number of aromatic nitrogens is 1. The monoisotopic (exact) mass is 223 g/mol. The highest BCUT2D eigenvalue weighted by Gasteiger charge is 2.20. The van der Waals surface area contributed by atoms with Crippen LogP contribution in [0.5, 0.6) is 0 Å². The summed E-state index contributed by atoms with van der Waals surface area (Å²) in [5.41, 5.74) is 6.92. The van der Waals surface area contributed by atoms with E-state index in [0.29, 0.717) is 31.1 Å². The SMILES string of the molecule is C=CC1CN(c2cc(F)ncc2N)CCO1. The van der Waals surface area contributed by atoms with Gasteiger partial charge in [-0.05, 0) is 0 Å². The maximum Gasteiger partial charge on any atom is 0.215 e. The van der Waals surface area contributed by atoms with Crippen LogP contribution in [0.1, 0.15) is 0 Å². The minimum Gasteiger partial charge on any atom is -0.396 e. The minimum absolute atomic E-state index is 0.0376. The van der Waals surface area contributed by atoms with E-state index in [1.54, 1.807) is 6.08 Å². The molecule has 2 N–H and O–H groups in total. The molecule has 0 radical (unpaired) electrons. The average molecular weight is 223 g/mol. The molecule has 0 amide bonds. The van der Waals surface area contributed by atoms with Crippen LogP contribution in [0, 0.1) is 5.95 Å². The van der Waals surface area contributed by atoms with Gasteiger partial charge in [0.15, 0.2) is 0 Å². The molecule has 1 aromatic heterocycles. The van der Waals surface area contributed by atoms with Gasteiger partial charge in [0.2, 0.25) is 5.95 Å². The van der Waals surface area contributed by atoms with Gasteiger partial charge >= 0.3 is 0 Å². The maximum atomic E-state index is 13.0. The third-order valence-electron chi connectivity index (χ3n) is 2.58. The molecule has 86 valence electrons. The molecule has 16 heavy (non-hydrogen) atoms. The molecule has 1 atom stereocenters. The molecule has 2 heterocycles. The lowest BCUT2D eigenvalue weighted by molar-refractivity contribution is 0.0720. The molecule has 2 rings (SSSR count). The predicted octanol–water partition coefficient (Wildman–Crippen LogP) is 1.19. The van der Waals surface area contributed by atoms with Gasteiger partial charge in [-0.2, -0.15) is 4.39 Å².